The Morgan fingerprint density at radius 1 is 1.06 bits per heavy atom. The average Bonchev–Trinajstić information content (AvgIpc) is 3.46. The second-order valence-electron chi connectivity index (χ2n) is 9.21. The van der Waals surface area contributed by atoms with Crippen LogP contribution in [0, 0.1) is 29.6 Å². The molecule has 1 aliphatic heterocycles. The summed E-state index contributed by atoms with van der Waals surface area (Å²) in [6, 6.07) is 5.21. The van der Waals surface area contributed by atoms with Crippen molar-refractivity contribution in [2.45, 2.75) is 39.2 Å². The molecule has 0 spiro atoms. The van der Waals surface area contributed by atoms with Gasteiger partial charge >= 0.3 is 5.97 Å². The molecule has 176 valence electrons. The maximum Gasteiger partial charge on any atom is 0.330 e. The largest absolute Gasteiger partial charge is 0.454 e. The maximum absolute atomic E-state index is 13.1. The lowest BCUT2D eigenvalue weighted by Crippen LogP contribution is -2.50. The zero-order valence-corrected chi connectivity index (χ0v) is 19.1. The monoisotopic (exact) mass is 475 g/mol. The van der Waals surface area contributed by atoms with Gasteiger partial charge in [0.15, 0.2) is 6.61 Å². The molecule has 1 saturated heterocycles. The van der Waals surface area contributed by atoms with Gasteiger partial charge in [-0.25, -0.2) is 4.79 Å². The summed E-state index contributed by atoms with van der Waals surface area (Å²) < 4.78 is 5.12. The summed E-state index contributed by atoms with van der Waals surface area (Å²) in [4.78, 5) is 64.2. The number of ether oxygens (including phenoxy) is 1. The third-order valence-electron chi connectivity index (χ3n) is 6.89. The number of fused-ring (bicyclic) bond motifs is 5. The molecule has 10 heteroatoms. The SMILES string of the molecule is CC(C)[C@H](C(=O)OCC(=O)NNC(=O)c1ccccc1Cl)N1C(=O)[C@H]2[C@H]3CC[C@@H](C3)[C@@H]2C1=O. The number of likely N-dealkylation sites (tertiary alicyclic amines) is 1. The van der Waals surface area contributed by atoms with Gasteiger partial charge in [0.25, 0.3) is 11.8 Å². The second kappa shape index (κ2) is 9.13. The zero-order valence-electron chi connectivity index (χ0n) is 18.4. The highest BCUT2D eigenvalue weighted by Crippen LogP contribution is 2.56. The topological polar surface area (TPSA) is 122 Å². The van der Waals surface area contributed by atoms with E-state index < -0.39 is 30.4 Å². The van der Waals surface area contributed by atoms with Crippen molar-refractivity contribution >= 4 is 41.2 Å². The Bertz CT molecular complexity index is 984. The minimum atomic E-state index is -1.10. The van der Waals surface area contributed by atoms with Crippen LogP contribution in [0.5, 0.6) is 0 Å². The number of imide groups is 1. The van der Waals surface area contributed by atoms with Gasteiger partial charge in [-0.1, -0.05) is 37.6 Å². The van der Waals surface area contributed by atoms with E-state index in [0.717, 1.165) is 24.2 Å². The van der Waals surface area contributed by atoms with Gasteiger partial charge in [0.05, 0.1) is 22.4 Å². The van der Waals surface area contributed by atoms with Gasteiger partial charge in [0.2, 0.25) is 11.8 Å². The van der Waals surface area contributed by atoms with Gasteiger partial charge in [-0.05, 0) is 49.1 Å². The van der Waals surface area contributed by atoms with Crippen LogP contribution in [0.2, 0.25) is 5.02 Å². The highest BCUT2D eigenvalue weighted by atomic mass is 35.5. The van der Waals surface area contributed by atoms with E-state index in [9.17, 15) is 24.0 Å². The van der Waals surface area contributed by atoms with Crippen LogP contribution in [-0.4, -0.2) is 47.1 Å². The van der Waals surface area contributed by atoms with Crippen LogP contribution < -0.4 is 10.9 Å². The summed E-state index contributed by atoms with van der Waals surface area (Å²) >= 11 is 5.94. The molecule has 1 aromatic carbocycles. The van der Waals surface area contributed by atoms with E-state index in [0.29, 0.717) is 0 Å². The lowest BCUT2D eigenvalue weighted by molar-refractivity contribution is -0.162. The third-order valence-corrected chi connectivity index (χ3v) is 7.22. The lowest BCUT2D eigenvalue weighted by Gasteiger charge is -2.28. The molecule has 0 aromatic heterocycles. The van der Waals surface area contributed by atoms with Crippen molar-refractivity contribution in [1.29, 1.82) is 0 Å². The molecular weight excluding hydrogens is 450 g/mol. The van der Waals surface area contributed by atoms with E-state index in [4.69, 9.17) is 16.3 Å². The maximum atomic E-state index is 13.1. The number of nitrogens with zero attached hydrogens (tertiary/aromatic N) is 1. The van der Waals surface area contributed by atoms with E-state index in [2.05, 4.69) is 10.9 Å². The molecule has 3 fully saturated rings. The van der Waals surface area contributed by atoms with Crippen LogP contribution >= 0.6 is 11.6 Å². The number of carbonyl (C=O) groups is 5. The standard InChI is InChI=1S/C23H26ClN3O6/c1-11(2)19(27-21(30)17-12-7-8-13(9-12)18(17)22(27)31)23(32)33-10-16(28)25-26-20(29)14-5-3-4-6-15(14)24/h3-6,11-13,17-19H,7-10H2,1-2H3,(H,25,28)(H,26,29)/t12-,13-,17-,18-,19+/m0/s1. The molecule has 2 bridgehead atoms. The van der Waals surface area contributed by atoms with Crippen LogP contribution in [-0.2, 0) is 23.9 Å². The first-order valence-corrected chi connectivity index (χ1v) is 11.5. The Kier molecular flexibility index (Phi) is 6.43. The van der Waals surface area contributed by atoms with E-state index in [1.807, 2.05) is 0 Å². The van der Waals surface area contributed by atoms with Gasteiger partial charge in [0, 0.05) is 0 Å². The number of nitrogens with one attached hydrogen (secondary N) is 2. The number of esters is 1. The van der Waals surface area contributed by atoms with Crippen molar-refractivity contribution in [2.75, 3.05) is 6.61 Å². The minimum Gasteiger partial charge on any atom is -0.454 e. The molecule has 2 aliphatic carbocycles. The minimum absolute atomic E-state index is 0.168. The molecular formula is C23H26ClN3O6. The fraction of sp³-hybridized carbons (Fsp3) is 0.522. The predicted molar refractivity (Wildman–Crippen MR) is 116 cm³/mol. The Labute approximate surface area is 196 Å². The Morgan fingerprint density at radius 2 is 1.67 bits per heavy atom. The lowest BCUT2D eigenvalue weighted by atomic mass is 9.81. The van der Waals surface area contributed by atoms with Crippen LogP contribution in [0.1, 0.15) is 43.5 Å². The number of hydrogen-bond donors (Lipinski definition) is 2. The van der Waals surface area contributed by atoms with Crippen molar-refractivity contribution in [1.82, 2.24) is 15.8 Å². The highest BCUT2D eigenvalue weighted by molar-refractivity contribution is 6.33. The Balaban J connectivity index is 1.34. The average molecular weight is 476 g/mol. The van der Waals surface area contributed by atoms with E-state index in [1.165, 1.54) is 12.1 Å². The normalized spacial score (nSPS) is 26.4. The fourth-order valence-corrected chi connectivity index (χ4v) is 5.70. The van der Waals surface area contributed by atoms with Gasteiger partial charge in [-0.3, -0.25) is 34.9 Å². The summed E-state index contributed by atoms with van der Waals surface area (Å²) in [5.41, 5.74) is 4.51. The molecule has 1 heterocycles. The van der Waals surface area contributed by atoms with E-state index >= 15 is 0 Å². The molecule has 0 unspecified atom stereocenters. The van der Waals surface area contributed by atoms with Crippen molar-refractivity contribution < 1.29 is 28.7 Å². The molecule has 4 rings (SSSR count). The summed E-state index contributed by atoms with van der Waals surface area (Å²) in [7, 11) is 0. The first kappa shape index (κ1) is 23.2. The highest BCUT2D eigenvalue weighted by Gasteiger charge is 2.62. The van der Waals surface area contributed by atoms with Crippen molar-refractivity contribution in [2.24, 2.45) is 29.6 Å². The smallest absolute Gasteiger partial charge is 0.330 e. The van der Waals surface area contributed by atoms with Gasteiger partial charge in [-0.15, -0.1) is 0 Å². The summed E-state index contributed by atoms with van der Waals surface area (Å²) in [6.45, 7) is 2.76. The quantitative estimate of drug-likeness (QED) is 0.367. The molecule has 5 atom stereocenters. The molecule has 1 aromatic rings. The van der Waals surface area contributed by atoms with E-state index in [-0.39, 0.29) is 52.0 Å². The molecule has 4 amide bonds. The number of carbonyl (C=O) groups excluding carboxylic acids is 5. The summed E-state index contributed by atoms with van der Waals surface area (Å²) in [6.07, 6.45) is 2.78. The van der Waals surface area contributed by atoms with Gasteiger partial charge < -0.3 is 4.74 Å². The Morgan fingerprint density at radius 3 is 2.24 bits per heavy atom. The van der Waals surface area contributed by atoms with Gasteiger partial charge in [-0.2, -0.15) is 0 Å². The Hall–Kier alpha value is -2.94. The zero-order chi connectivity index (χ0) is 23.9. The second-order valence-corrected chi connectivity index (χ2v) is 9.62. The van der Waals surface area contributed by atoms with Crippen LogP contribution in [0.4, 0.5) is 0 Å². The molecule has 3 aliphatic rings. The molecule has 2 N–H and O–H groups in total. The van der Waals surface area contributed by atoms with Crippen molar-refractivity contribution in [3.05, 3.63) is 34.9 Å². The predicted octanol–water partition coefficient (Wildman–Crippen LogP) is 1.70. The van der Waals surface area contributed by atoms with Crippen LogP contribution in [0.15, 0.2) is 24.3 Å². The van der Waals surface area contributed by atoms with Gasteiger partial charge in [0.1, 0.15) is 6.04 Å². The number of benzene rings is 1. The number of rotatable bonds is 6. The van der Waals surface area contributed by atoms with Crippen molar-refractivity contribution in [3.63, 3.8) is 0 Å². The van der Waals surface area contributed by atoms with Crippen LogP contribution in [0.3, 0.4) is 0 Å². The van der Waals surface area contributed by atoms with E-state index in [1.54, 1.807) is 26.0 Å². The number of hydrazine groups is 1. The number of hydrogen-bond acceptors (Lipinski definition) is 6. The van der Waals surface area contributed by atoms with Crippen LogP contribution in [0.25, 0.3) is 0 Å². The number of amides is 4. The molecule has 33 heavy (non-hydrogen) atoms. The fourth-order valence-electron chi connectivity index (χ4n) is 5.48. The van der Waals surface area contributed by atoms with Crippen molar-refractivity contribution in [3.8, 4) is 0 Å². The summed E-state index contributed by atoms with van der Waals surface area (Å²) in [5, 5.41) is 0.216. The number of halogens is 1. The molecule has 2 saturated carbocycles. The first-order chi connectivity index (χ1) is 15.7. The third kappa shape index (κ3) is 4.21. The first-order valence-electron chi connectivity index (χ1n) is 11.1. The summed E-state index contributed by atoms with van der Waals surface area (Å²) in [5.74, 6) is -3.49. The molecule has 0 radical (unpaired) electrons. The molecule has 9 nitrogen and oxygen atoms in total.